The molecule has 3 N–H and O–H groups in total. The van der Waals surface area contributed by atoms with E-state index in [1.54, 1.807) is 0 Å². The van der Waals surface area contributed by atoms with Crippen LogP contribution in [-0.2, 0) is 11.3 Å². The van der Waals surface area contributed by atoms with Crippen LogP contribution in [0.4, 0.5) is 5.69 Å². The summed E-state index contributed by atoms with van der Waals surface area (Å²) in [7, 11) is 0. The molecule has 28 heavy (non-hydrogen) atoms. The SMILES string of the molecule is CCNC(=NCc1cccc(NC(=O)C(C)CC)c1)NC(C)c1ccccc1. The van der Waals surface area contributed by atoms with E-state index >= 15 is 0 Å². The van der Waals surface area contributed by atoms with E-state index in [4.69, 9.17) is 4.99 Å². The number of rotatable bonds is 8. The van der Waals surface area contributed by atoms with Crippen LogP contribution in [0.1, 0.15) is 51.3 Å². The van der Waals surface area contributed by atoms with Crippen molar-refractivity contribution in [2.75, 3.05) is 11.9 Å². The van der Waals surface area contributed by atoms with Crippen molar-refractivity contribution >= 4 is 17.6 Å². The third-order valence-corrected chi connectivity index (χ3v) is 4.67. The molecule has 2 unspecified atom stereocenters. The van der Waals surface area contributed by atoms with Gasteiger partial charge in [-0.2, -0.15) is 0 Å². The molecule has 150 valence electrons. The van der Waals surface area contributed by atoms with Crippen molar-refractivity contribution in [2.45, 2.75) is 46.7 Å². The van der Waals surface area contributed by atoms with Crippen molar-refractivity contribution < 1.29 is 4.79 Å². The fourth-order valence-electron chi connectivity index (χ4n) is 2.72. The molecule has 1 amide bonds. The molecule has 2 atom stereocenters. The van der Waals surface area contributed by atoms with Crippen LogP contribution in [-0.4, -0.2) is 18.4 Å². The van der Waals surface area contributed by atoms with E-state index in [1.165, 1.54) is 5.56 Å². The van der Waals surface area contributed by atoms with Crippen molar-refractivity contribution in [1.29, 1.82) is 0 Å². The predicted octanol–water partition coefficient (Wildman–Crippen LogP) is 4.49. The van der Waals surface area contributed by atoms with E-state index in [1.807, 2.05) is 56.3 Å². The van der Waals surface area contributed by atoms with Gasteiger partial charge in [0.25, 0.3) is 0 Å². The molecule has 0 spiro atoms. The number of hydrogen-bond donors (Lipinski definition) is 3. The lowest BCUT2D eigenvalue weighted by atomic mass is 10.1. The first kappa shape index (κ1) is 21.5. The monoisotopic (exact) mass is 380 g/mol. The first-order valence-corrected chi connectivity index (χ1v) is 10.0. The molecule has 0 saturated carbocycles. The van der Waals surface area contributed by atoms with Gasteiger partial charge >= 0.3 is 0 Å². The second-order valence-electron chi connectivity index (χ2n) is 6.97. The van der Waals surface area contributed by atoms with E-state index in [0.717, 1.165) is 30.2 Å². The Morgan fingerprint density at radius 2 is 1.79 bits per heavy atom. The Bertz CT molecular complexity index is 773. The fourth-order valence-corrected chi connectivity index (χ4v) is 2.72. The topological polar surface area (TPSA) is 65.5 Å². The number of carbonyl (C=O) groups is 1. The summed E-state index contributed by atoms with van der Waals surface area (Å²) in [6.07, 6.45) is 0.827. The van der Waals surface area contributed by atoms with E-state index < -0.39 is 0 Å². The van der Waals surface area contributed by atoms with Crippen LogP contribution < -0.4 is 16.0 Å². The van der Waals surface area contributed by atoms with Gasteiger partial charge in [-0.1, -0.05) is 56.3 Å². The smallest absolute Gasteiger partial charge is 0.227 e. The summed E-state index contributed by atoms with van der Waals surface area (Å²) >= 11 is 0. The number of hydrogen-bond acceptors (Lipinski definition) is 2. The number of nitrogens with one attached hydrogen (secondary N) is 3. The first-order chi connectivity index (χ1) is 13.5. The van der Waals surface area contributed by atoms with Crippen molar-refractivity contribution in [3.8, 4) is 0 Å². The van der Waals surface area contributed by atoms with E-state index in [9.17, 15) is 4.79 Å². The zero-order valence-corrected chi connectivity index (χ0v) is 17.3. The minimum absolute atomic E-state index is 0.00529. The maximum atomic E-state index is 12.1. The second kappa shape index (κ2) is 11.1. The molecule has 0 bridgehead atoms. The highest BCUT2D eigenvalue weighted by atomic mass is 16.1. The Balaban J connectivity index is 2.04. The first-order valence-electron chi connectivity index (χ1n) is 10.0. The molecular weight excluding hydrogens is 348 g/mol. The number of amides is 1. The summed E-state index contributed by atoms with van der Waals surface area (Å²) in [5.41, 5.74) is 3.07. The summed E-state index contributed by atoms with van der Waals surface area (Å²) in [6, 6.07) is 18.3. The normalized spacial score (nSPS) is 13.5. The number of aliphatic imine (C=N–C) groups is 1. The Morgan fingerprint density at radius 1 is 1.04 bits per heavy atom. The highest BCUT2D eigenvalue weighted by Gasteiger charge is 2.11. The molecule has 0 radical (unpaired) electrons. The molecule has 0 aliphatic heterocycles. The van der Waals surface area contributed by atoms with Crippen molar-refractivity contribution in [3.63, 3.8) is 0 Å². The molecule has 0 fully saturated rings. The van der Waals surface area contributed by atoms with Gasteiger partial charge in [-0.05, 0) is 43.5 Å². The quantitative estimate of drug-likeness (QED) is 0.467. The van der Waals surface area contributed by atoms with Crippen LogP contribution in [0, 0.1) is 5.92 Å². The number of nitrogens with zero attached hydrogens (tertiary/aromatic N) is 1. The summed E-state index contributed by atoms with van der Waals surface area (Å²) in [5.74, 6) is 0.827. The molecule has 2 aromatic carbocycles. The molecule has 5 nitrogen and oxygen atoms in total. The Labute approximate surface area is 168 Å². The average molecular weight is 381 g/mol. The van der Waals surface area contributed by atoms with Crippen LogP contribution in [0.2, 0.25) is 0 Å². The van der Waals surface area contributed by atoms with Crippen LogP contribution in [0.3, 0.4) is 0 Å². The van der Waals surface area contributed by atoms with Crippen LogP contribution in [0.5, 0.6) is 0 Å². The standard InChI is InChI=1S/C23H32N4O/c1-5-17(3)22(28)27-21-14-10-11-19(15-21)16-25-23(24-6-2)26-18(4)20-12-8-7-9-13-20/h7-15,17-18H,5-6,16H2,1-4H3,(H,27,28)(H2,24,25,26). The number of anilines is 1. The molecule has 2 rings (SSSR count). The number of guanidine groups is 1. The lowest BCUT2D eigenvalue weighted by molar-refractivity contribution is -0.119. The van der Waals surface area contributed by atoms with Gasteiger partial charge in [0.05, 0.1) is 12.6 Å². The molecule has 0 aliphatic carbocycles. The third-order valence-electron chi connectivity index (χ3n) is 4.67. The molecule has 0 aliphatic rings. The van der Waals surface area contributed by atoms with Crippen LogP contribution in [0.25, 0.3) is 0 Å². The highest BCUT2D eigenvalue weighted by Crippen LogP contribution is 2.14. The Kier molecular flexibility index (Phi) is 8.53. The highest BCUT2D eigenvalue weighted by molar-refractivity contribution is 5.92. The van der Waals surface area contributed by atoms with E-state index in [-0.39, 0.29) is 17.9 Å². The van der Waals surface area contributed by atoms with Gasteiger partial charge in [0, 0.05) is 18.2 Å². The largest absolute Gasteiger partial charge is 0.357 e. The third kappa shape index (κ3) is 6.72. The van der Waals surface area contributed by atoms with Gasteiger partial charge in [0.1, 0.15) is 0 Å². The summed E-state index contributed by atoms with van der Waals surface area (Å²) < 4.78 is 0. The van der Waals surface area contributed by atoms with Gasteiger partial charge in [-0.15, -0.1) is 0 Å². The molecule has 5 heteroatoms. The number of carbonyl (C=O) groups excluding carboxylic acids is 1. The second-order valence-corrected chi connectivity index (χ2v) is 6.97. The zero-order valence-electron chi connectivity index (χ0n) is 17.3. The summed E-state index contributed by atoms with van der Waals surface area (Å²) in [4.78, 5) is 16.8. The molecule has 0 aromatic heterocycles. The average Bonchev–Trinajstić information content (AvgIpc) is 2.72. The zero-order chi connectivity index (χ0) is 20.4. The maximum Gasteiger partial charge on any atom is 0.227 e. The van der Waals surface area contributed by atoms with Crippen molar-refractivity contribution in [2.24, 2.45) is 10.9 Å². The van der Waals surface area contributed by atoms with Gasteiger partial charge in [-0.3, -0.25) is 4.79 Å². The molecule has 2 aromatic rings. The van der Waals surface area contributed by atoms with Crippen LogP contribution >= 0.6 is 0 Å². The van der Waals surface area contributed by atoms with Gasteiger partial charge in [-0.25, -0.2) is 4.99 Å². The van der Waals surface area contributed by atoms with Crippen LogP contribution in [0.15, 0.2) is 59.6 Å². The number of benzene rings is 2. The predicted molar refractivity (Wildman–Crippen MR) is 117 cm³/mol. The van der Waals surface area contributed by atoms with Gasteiger partial charge in [0.15, 0.2) is 5.96 Å². The van der Waals surface area contributed by atoms with E-state index in [0.29, 0.717) is 6.54 Å². The fraction of sp³-hybridized carbons (Fsp3) is 0.391. The minimum atomic E-state index is 0.00529. The molecule has 0 heterocycles. The van der Waals surface area contributed by atoms with Crippen molar-refractivity contribution in [1.82, 2.24) is 10.6 Å². The Morgan fingerprint density at radius 3 is 2.46 bits per heavy atom. The van der Waals surface area contributed by atoms with Gasteiger partial charge in [0.2, 0.25) is 5.91 Å². The molecular formula is C23H32N4O. The summed E-state index contributed by atoms with van der Waals surface area (Å²) in [5, 5.41) is 9.72. The summed E-state index contributed by atoms with van der Waals surface area (Å²) in [6.45, 7) is 9.44. The lowest BCUT2D eigenvalue weighted by Crippen LogP contribution is -2.38. The minimum Gasteiger partial charge on any atom is -0.357 e. The molecule has 0 saturated heterocycles. The van der Waals surface area contributed by atoms with E-state index in [2.05, 4.69) is 41.9 Å². The Hall–Kier alpha value is -2.82. The van der Waals surface area contributed by atoms with Crippen molar-refractivity contribution in [3.05, 3.63) is 65.7 Å². The van der Waals surface area contributed by atoms with Gasteiger partial charge < -0.3 is 16.0 Å². The maximum absolute atomic E-state index is 12.1. The lowest BCUT2D eigenvalue weighted by Gasteiger charge is -2.18.